The highest BCUT2D eigenvalue weighted by Crippen LogP contribution is 2.31. The van der Waals surface area contributed by atoms with E-state index in [0.29, 0.717) is 54.3 Å². The first-order chi connectivity index (χ1) is 16.5. The second-order valence-electron chi connectivity index (χ2n) is 7.64. The minimum absolute atomic E-state index is 0.0541. The van der Waals surface area contributed by atoms with Gasteiger partial charge in [0.2, 0.25) is 0 Å². The molecule has 2 aromatic heterocycles. The van der Waals surface area contributed by atoms with Crippen LogP contribution in [0.3, 0.4) is 0 Å². The molecular weight excluding hydrogens is 498 g/mol. The summed E-state index contributed by atoms with van der Waals surface area (Å²) in [5, 5.41) is 27.7. The van der Waals surface area contributed by atoms with Crippen molar-refractivity contribution in [1.82, 2.24) is 19.5 Å². The van der Waals surface area contributed by atoms with E-state index in [9.17, 15) is 15.0 Å². The maximum Gasteiger partial charge on any atom is 0.254 e. The second kappa shape index (κ2) is 10.4. The van der Waals surface area contributed by atoms with E-state index in [2.05, 4.69) is 37.9 Å². The van der Waals surface area contributed by atoms with Crippen molar-refractivity contribution in [1.29, 1.82) is 0 Å². The number of aromatic nitrogens is 3. The minimum Gasteiger partial charge on any atom is -0.508 e. The average molecular weight is 522 g/mol. The highest BCUT2D eigenvalue weighted by atomic mass is 79.9. The van der Waals surface area contributed by atoms with Gasteiger partial charge in [-0.3, -0.25) is 4.79 Å². The summed E-state index contributed by atoms with van der Waals surface area (Å²) in [4.78, 5) is 19.2. The molecule has 2 aromatic carbocycles. The van der Waals surface area contributed by atoms with Crippen molar-refractivity contribution in [3.05, 3.63) is 83.5 Å². The lowest BCUT2D eigenvalue weighted by Gasteiger charge is -2.21. The molecule has 1 amide bonds. The van der Waals surface area contributed by atoms with Gasteiger partial charge in [0.25, 0.3) is 5.91 Å². The molecule has 0 saturated carbocycles. The number of aromatic hydroxyl groups is 2. The van der Waals surface area contributed by atoms with Gasteiger partial charge in [0.1, 0.15) is 17.3 Å². The van der Waals surface area contributed by atoms with Crippen molar-refractivity contribution in [2.24, 2.45) is 0 Å². The van der Waals surface area contributed by atoms with Crippen molar-refractivity contribution in [3.8, 4) is 22.8 Å². The standard InChI is InChI=1S/C25H24BrN5O3/c1-2-12-30(25(34)17-7-5-8-18(32)14-17)13-6-11-27-23-15-21(19-9-3-4-10-22(19)33)29-24-20(26)16-28-31(23)24/h2-5,7-10,14-16,27,32-33H,1,6,11-13H2. The third kappa shape index (κ3) is 5.04. The summed E-state index contributed by atoms with van der Waals surface area (Å²) < 4.78 is 2.43. The Bertz CT molecular complexity index is 1340. The van der Waals surface area contributed by atoms with Gasteiger partial charge in [-0.15, -0.1) is 6.58 Å². The Balaban J connectivity index is 1.49. The lowest BCUT2D eigenvalue weighted by Crippen LogP contribution is -2.33. The maximum atomic E-state index is 12.9. The van der Waals surface area contributed by atoms with Gasteiger partial charge in [-0.25, -0.2) is 4.98 Å². The number of nitrogens with one attached hydrogen (secondary N) is 1. The molecule has 3 N–H and O–H groups in total. The molecular formula is C25H24BrN5O3. The smallest absolute Gasteiger partial charge is 0.254 e. The number of nitrogens with zero attached hydrogens (tertiary/aromatic N) is 4. The molecule has 34 heavy (non-hydrogen) atoms. The fourth-order valence-electron chi connectivity index (χ4n) is 3.63. The molecule has 0 fully saturated rings. The normalized spacial score (nSPS) is 10.9. The number of rotatable bonds is 9. The zero-order valence-electron chi connectivity index (χ0n) is 18.4. The molecule has 9 heteroatoms. The largest absolute Gasteiger partial charge is 0.508 e. The summed E-state index contributed by atoms with van der Waals surface area (Å²) >= 11 is 3.48. The fourth-order valence-corrected chi connectivity index (χ4v) is 3.98. The Morgan fingerprint density at radius 1 is 1.18 bits per heavy atom. The van der Waals surface area contributed by atoms with Gasteiger partial charge in [0.05, 0.1) is 16.4 Å². The van der Waals surface area contributed by atoms with Gasteiger partial charge in [0, 0.05) is 36.8 Å². The molecule has 0 aliphatic heterocycles. The number of anilines is 1. The first-order valence-electron chi connectivity index (χ1n) is 10.7. The fraction of sp³-hybridized carbons (Fsp3) is 0.160. The Labute approximate surface area is 205 Å². The Morgan fingerprint density at radius 3 is 2.76 bits per heavy atom. The van der Waals surface area contributed by atoms with Crippen molar-refractivity contribution < 1.29 is 15.0 Å². The molecule has 0 bridgehead atoms. The number of hydrogen-bond acceptors (Lipinski definition) is 6. The molecule has 4 aromatic rings. The summed E-state index contributed by atoms with van der Waals surface area (Å²) in [6, 6.07) is 15.2. The number of para-hydroxylation sites is 1. The molecule has 0 unspecified atom stereocenters. The van der Waals surface area contributed by atoms with Gasteiger partial charge in [0.15, 0.2) is 5.65 Å². The molecule has 0 spiro atoms. The predicted octanol–water partition coefficient (Wildman–Crippen LogP) is 4.70. The monoisotopic (exact) mass is 521 g/mol. The molecule has 174 valence electrons. The first kappa shape index (κ1) is 23.3. The number of phenols is 2. The van der Waals surface area contributed by atoms with Crippen LogP contribution in [0.4, 0.5) is 5.82 Å². The van der Waals surface area contributed by atoms with Crippen LogP contribution in [0.1, 0.15) is 16.8 Å². The van der Waals surface area contributed by atoms with E-state index in [1.165, 1.54) is 12.1 Å². The van der Waals surface area contributed by atoms with Gasteiger partial charge >= 0.3 is 0 Å². The topological polar surface area (TPSA) is 103 Å². The maximum absolute atomic E-state index is 12.9. The molecule has 2 heterocycles. The molecule has 0 aliphatic rings. The van der Waals surface area contributed by atoms with Crippen molar-refractivity contribution >= 4 is 33.3 Å². The van der Waals surface area contributed by atoms with Crippen LogP contribution in [0.15, 0.2) is 77.9 Å². The predicted molar refractivity (Wildman–Crippen MR) is 135 cm³/mol. The van der Waals surface area contributed by atoms with Gasteiger partial charge in [-0.2, -0.15) is 9.61 Å². The van der Waals surface area contributed by atoms with Crippen molar-refractivity contribution in [2.45, 2.75) is 6.42 Å². The molecule has 0 radical (unpaired) electrons. The Hall–Kier alpha value is -3.85. The van der Waals surface area contributed by atoms with Crippen molar-refractivity contribution in [2.75, 3.05) is 25.0 Å². The number of benzene rings is 2. The molecule has 4 rings (SSSR count). The SMILES string of the molecule is C=CCN(CCCNc1cc(-c2ccccc2O)nc2c(Br)cnn12)C(=O)c1cccc(O)c1. The number of hydrogen-bond donors (Lipinski definition) is 3. The summed E-state index contributed by atoms with van der Waals surface area (Å²) in [7, 11) is 0. The number of carbonyl (C=O) groups is 1. The zero-order chi connectivity index (χ0) is 24.1. The molecule has 0 atom stereocenters. The van der Waals surface area contributed by atoms with Crippen LogP contribution >= 0.6 is 15.9 Å². The first-order valence-corrected chi connectivity index (χ1v) is 11.5. The molecule has 8 nitrogen and oxygen atoms in total. The van der Waals surface area contributed by atoms with E-state index in [0.717, 1.165) is 4.47 Å². The lowest BCUT2D eigenvalue weighted by atomic mass is 10.1. The van der Waals surface area contributed by atoms with Gasteiger partial charge in [-0.1, -0.05) is 24.3 Å². The van der Waals surface area contributed by atoms with Crippen LogP contribution in [0.5, 0.6) is 11.5 Å². The lowest BCUT2D eigenvalue weighted by molar-refractivity contribution is 0.0773. The summed E-state index contributed by atoms with van der Waals surface area (Å²) in [6.07, 6.45) is 4.01. The number of fused-ring (bicyclic) bond motifs is 1. The van der Waals surface area contributed by atoms with E-state index >= 15 is 0 Å². The molecule has 0 aliphatic carbocycles. The summed E-state index contributed by atoms with van der Waals surface area (Å²) in [5.41, 5.74) is 2.28. The van der Waals surface area contributed by atoms with E-state index in [4.69, 9.17) is 0 Å². The number of halogens is 1. The number of amides is 1. The van der Waals surface area contributed by atoms with Crippen LogP contribution in [0.2, 0.25) is 0 Å². The van der Waals surface area contributed by atoms with Crippen LogP contribution < -0.4 is 5.32 Å². The molecule has 0 saturated heterocycles. The third-order valence-corrected chi connectivity index (χ3v) is 5.81. The quantitative estimate of drug-likeness (QED) is 0.218. The Kier molecular flexibility index (Phi) is 7.12. The van der Waals surface area contributed by atoms with Crippen LogP contribution in [-0.4, -0.2) is 55.3 Å². The third-order valence-electron chi connectivity index (χ3n) is 5.25. The summed E-state index contributed by atoms with van der Waals surface area (Å²) in [5.74, 6) is 0.744. The van der Waals surface area contributed by atoms with E-state index in [1.54, 1.807) is 46.0 Å². The van der Waals surface area contributed by atoms with E-state index < -0.39 is 0 Å². The van der Waals surface area contributed by atoms with Gasteiger partial charge in [-0.05, 0) is 52.7 Å². The van der Waals surface area contributed by atoms with Crippen LogP contribution in [0, 0.1) is 0 Å². The number of phenolic OH excluding ortho intramolecular Hbond substituents is 2. The zero-order valence-corrected chi connectivity index (χ0v) is 19.9. The highest BCUT2D eigenvalue weighted by molar-refractivity contribution is 9.10. The van der Waals surface area contributed by atoms with Gasteiger partial charge < -0.3 is 20.4 Å². The average Bonchev–Trinajstić information content (AvgIpc) is 3.21. The van der Waals surface area contributed by atoms with E-state index in [-0.39, 0.29) is 17.4 Å². The Morgan fingerprint density at radius 2 is 2.00 bits per heavy atom. The second-order valence-corrected chi connectivity index (χ2v) is 8.50. The summed E-state index contributed by atoms with van der Waals surface area (Å²) in [6.45, 7) is 5.21. The highest BCUT2D eigenvalue weighted by Gasteiger charge is 2.16. The van der Waals surface area contributed by atoms with Crippen LogP contribution in [0.25, 0.3) is 16.9 Å². The van der Waals surface area contributed by atoms with Crippen LogP contribution in [-0.2, 0) is 0 Å². The van der Waals surface area contributed by atoms with E-state index in [1.807, 2.05) is 18.2 Å². The number of carbonyl (C=O) groups excluding carboxylic acids is 1. The van der Waals surface area contributed by atoms with Crippen molar-refractivity contribution in [3.63, 3.8) is 0 Å². The minimum atomic E-state index is -0.167.